The van der Waals surface area contributed by atoms with Gasteiger partial charge < -0.3 is 15.6 Å². The largest absolute Gasteiger partial charge is 0.376 e. The Balaban J connectivity index is 1.68. The molecule has 0 amide bonds. The summed E-state index contributed by atoms with van der Waals surface area (Å²) < 4.78 is 5.68. The third kappa shape index (κ3) is 3.56. The number of aromatic nitrogens is 4. The summed E-state index contributed by atoms with van der Waals surface area (Å²) in [5.41, 5.74) is 9.35. The number of anilines is 1. The third-order valence-corrected chi connectivity index (χ3v) is 6.97. The quantitative estimate of drug-likeness (QED) is 0.622. The summed E-state index contributed by atoms with van der Waals surface area (Å²) in [5.74, 6) is 1.80. The maximum Gasteiger partial charge on any atom is 0.266 e. The molecule has 0 saturated carbocycles. The lowest BCUT2D eigenvalue weighted by Gasteiger charge is -2.31. The predicted molar refractivity (Wildman–Crippen MR) is 120 cm³/mol. The van der Waals surface area contributed by atoms with E-state index in [4.69, 9.17) is 15.2 Å². The van der Waals surface area contributed by atoms with Crippen LogP contribution in [0.15, 0.2) is 46.9 Å². The average Bonchev–Trinajstić information content (AvgIpc) is 3.34. The van der Waals surface area contributed by atoms with Gasteiger partial charge in [0.25, 0.3) is 5.89 Å². The summed E-state index contributed by atoms with van der Waals surface area (Å²) in [5, 5.41) is 8.08. The maximum atomic E-state index is 5.68. The van der Waals surface area contributed by atoms with Crippen LogP contribution in [0.3, 0.4) is 0 Å². The Hall–Kier alpha value is -2.87. The van der Waals surface area contributed by atoms with Crippen molar-refractivity contribution in [2.24, 2.45) is 5.92 Å². The van der Waals surface area contributed by atoms with Gasteiger partial charge in [0.05, 0.1) is 15.7 Å². The molecule has 0 bridgehead atoms. The van der Waals surface area contributed by atoms with Crippen LogP contribution in [0.1, 0.15) is 51.9 Å². The summed E-state index contributed by atoms with van der Waals surface area (Å²) in [6, 6.07) is 8.36. The minimum atomic E-state index is -0.394. The van der Waals surface area contributed by atoms with E-state index in [1.807, 2.05) is 6.92 Å². The van der Waals surface area contributed by atoms with Crippen molar-refractivity contribution in [3.05, 3.63) is 59.6 Å². The molecule has 2 unspecified atom stereocenters. The molecule has 1 aliphatic heterocycles. The molecule has 0 radical (unpaired) electrons. The Morgan fingerprint density at radius 3 is 2.37 bits per heavy atom. The number of nitrogens with one attached hydrogen (secondary N) is 1. The van der Waals surface area contributed by atoms with Crippen LogP contribution in [0.2, 0.25) is 0 Å². The number of nitrogens with two attached hydrogens (primary N) is 1. The Bertz CT molecular complexity index is 1070. The molecule has 156 valence electrons. The number of hydrogen-bond acceptors (Lipinski definition) is 8. The number of hydrogen-bond donors (Lipinski definition) is 2. The molecule has 1 aliphatic rings. The highest BCUT2D eigenvalue weighted by Gasteiger charge is 2.38. The first-order chi connectivity index (χ1) is 14.3. The van der Waals surface area contributed by atoms with E-state index in [0.717, 1.165) is 27.3 Å². The van der Waals surface area contributed by atoms with Crippen LogP contribution < -0.4 is 11.1 Å². The van der Waals surface area contributed by atoms with Crippen LogP contribution in [0, 0.1) is 5.92 Å². The molecular weight excluding hydrogens is 396 g/mol. The van der Waals surface area contributed by atoms with Crippen LogP contribution in [0.25, 0.3) is 16.0 Å². The molecule has 2 aromatic heterocycles. The third-order valence-electron chi connectivity index (χ3n) is 5.78. The number of thioether (sulfide) groups is 1. The lowest BCUT2D eigenvalue weighted by atomic mass is 9.72. The van der Waals surface area contributed by atoms with E-state index < -0.39 is 5.41 Å². The van der Waals surface area contributed by atoms with Crippen molar-refractivity contribution in [1.29, 1.82) is 0 Å². The summed E-state index contributed by atoms with van der Waals surface area (Å²) in [4.78, 5) is 14.0. The number of nitrogens with zero attached hydrogens (tertiary/aromatic N) is 4. The van der Waals surface area contributed by atoms with E-state index in [2.05, 4.69) is 72.4 Å². The van der Waals surface area contributed by atoms with Crippen molar-refractivity contribution in [2.75, 3.05) is 5.73 Å². The zero-order valence-corrected chi connectivity index (χ0v) is 18.6. The zero-order valence-electron chi connectivity index (χ0n) is 17.8. The molecule has 0 aliphatic carbocycles. The molecule has 3 N–H and O–H groups in total. The van der Waals surface area contributed by atoms with Gasteiger partial charge in [-0.2, -0.15) is 4.98 Å². The van der Waals surface area contributed by atoms with Gasteiger partial charge in [0.1, 0.15) is 0 Å². The van der Waals surface area contributed by atoms with Gasteiger partial charge in [-0.3, -0.25) is 0 Å². The Morgan fingerprint density at radius 2 is 1.80 bits per heavy atom. The van der Waals surface area contributed by atoms with Crippen molar-refractivity contribution < 1.29 is 4.52 Å². The molecule has 3 heterocycles. The van der Waals surface area contributed by atoms with Gasteiger partial charge >= 0.3 is 0 Å². The van der Waals surface area contributed by atoms with Gasteiger partial charge in [0.2, 0.25) is 5.95 Å². The van der Waals surface area contributed by atoms with Crippen LogP contribution in [-0.4, -0.2) is 25.5 Å². The highest BCUT2D eigenvalue weighted by molar-refractivity contribution is 8.09. The monoisotopic (exact) mass is 422 g/mol. The van der Waals surface area contributed by atoms with E-state index >= 15 is 0 Å². The zero-order chi connectivity index (χ0) is 21.5. The Kier molecular flexibility index (Phi) is 5.27. The molecule has 3 aromatic rings. The van der Waals surface area contributed by atoms with Crippen molar-refractivity contribution in [1.82, 2.24) is 25.4 Å². The number of allylic oxidation sites excluding steroid dienone is 1. The van der Waals surface area contributed by atoms with Crippen molar-refractivity contribution >= 4 is 22.6 Å². The minimum absolute atomic E-state index is 0.261. The molecule has 0 spiro atoms. The molecule has 8 heteroatoms. The first kappa shape index (κ1) is 20.4. The van der Waals surface area contributed by atoms with Crippen LogP contribution in [-0.2, 0) is 5.41 Å². The molecule has 2 atom stereocenters. The van der Waals surface area contributed by atoms with E-state index in [0.29, 0.717) is 17.1 Å². The summed E-state index contributed by atoms with van der Waals surface area (Å²) >= 11 is 1.71. The van der Waals surface area contributed by atoms with E-state index in [-0.39, 0.29) is 11.9 Å². The van der Waals surface area contributed by atoms with Crippen LogP contribution in [0.4, 0.5) is 5.95 Å². The molecule has 4 rings (SSSR count). The fourth-order valence-corrected chi connectivity index (χ4v) is 4.63. The first-order valence-electron chi connectivity index (χ1n) is 9.96. The van der Waals surface area contributed by atoms with E-state index in [1.165, 1.54) is 0 Å². The highest BCUT2D eigenvalue weighted by atomic mass is 32.2. The lowest BCUT2D eigenvalue weighted by molar-refractivity contribution is 0.346. The summed E-state index contributed by atoms with van der Waals surface area (Å²) in [6.45, 7) is 10.7. The molecule has 7 nitrogen and oxygen atoms in total. The molecule has 0 saturated heterocycles. The number of nitrogen functional groups attached to an aromatic ring is 1. The van der Waals surface area contributed by atoms with E-state index in [9.17, 15) is 0 Å². The summed E-state index contributed by atoms with van der Waals surface area (Å²) in [6.07, 6.45) is 3.46. The van der Waals surface area contributed by atoms with Crippen LogP contribution in [0.5, 0.6) is 0 Å². The van der Waals surface area contributed by atoms with Gasteiger partial charge in [-0.05, 0) is 37.8 Å². The number of benzene rings is 1. The van der Waals surface area contributed by atoms with Gasteiger partial charge in [-0.15, -0.1) is 0 Å². The summed E-state index contributed by atoms with van der Waals surface area (Å²) in [7, 11) is 0. The topological polar surface area (TPSA) is 103 Å². The molecule has 30 heavy (non-hydrogen) atoms. The smallest absolute Gasteiger partial charge is 0.266 e. The second kappa shape index (κ2) is 7.75. The Labute approximate surface area is 180 Å². The fraction of sp³-hybridized carbons (Fsp3) is 0.364. The van der Waals surface area contributed by atoms with Gasteiger partial charge in [-0.25, -0.2) is 9.97 Å². The Morgan fingerprint density at radius 1 is 1.13 bits per heavy atom. The normalized spacial score (nSPS) is 18.5. The van der Waals surface area contributed by atoms with E-state index in [1.54, 1.807) is 24.2 Å². The molecular formula is C22H26N6OS. The van der Waals surface area contributed by atoms with Crippen molar-refractivity contribution in [3.63, 3.8) is 0 Å². The first-order valence-corrected chi connectivity index (χ1v) is 10.8. The van der Waals surface area contributed by atoms with Crippen LogP contribution >= 0.6 is 11.8 Å². The second-order valence-electron chi connectivity index (χ2n) is 8.05. The number of rotatable bonds is 5. The van der Waals surface area contributed by atoms with Crippen molar-refractivity contribution in [3.8, 4) is 11.1 Å². The highest BCUT2D eigenvalue weighted by Crippen LogP contribution is 2.41. The standard InChI is InChI=1S/C22H26N6OS/c1-12(2)22(5,20-27-19(29-28-20)18-13(3)26-14(4)30-18)17-8-6-15(7-9-17)16-10-24-21(23)25-11-16/h6-12,14,26H,1-5H3,(H2,23,24,25). The maximum absolute atomic E-state index is 5.68. The lowest BCUT2D eigenvalue weighted by Crippen LogP contribution is -2.31. The average molecular weight is 423 g/mol. The van der Waals surface area contributed by atoms with Gasteiger partial charge in [-0.1, -0.05) is 55.0 Å². The predicted octanol–water partition coefficient (Wildman–Crippen LogP) is 4.44. The SMILES string of the molecule is CC1=C(c2nc(C(C)(c3ccc(-c4cnc(N)nc4)cc3)C(C)C)no2)SC(C)N1. The molecule has 0 fully saturated rings. The van der Waals surface area contributed by atoms with Gasteiger partial charge in [0, 0.05) is 23.7 Å². The second-order valence-corrected chi connectivity index (χ2v) is 9.40. The van der Waals surface area contributed by atoms with Crippen molar-refractivity contribution in [2.45, 2.75) is 45.4 Å². The fourth-order valence-electron chi connectivity index (χ4n) is 3.62. The molecule has 1 aromatic carbocycles. The van der Waals surface area contributed by atoms with Gasteiger partial charge in [0.15, 0.2) is 5.82 Å². The minimum Gasteiger partial charge on any atom is -0.376 e.